The van der Waals surface area contributed by atoms with Gasteiger partial charge in [0.1, 0.15) is 6.04 Å². The lowest BCUT2D eigenvalue weighted by atomic mass is 9.96. The highest BCUT2D eigenvalue weighted by Crippen LogP contribution is 2.49. The molecule has 0 amide bonds. The number of aromatic nitrogens is 1. The van der Waals surface area contributed by atoms with Gasteiger partial charge in [0, 0.05) is 27.8 Å². The Balaban J connectivity index is 1.57. The van der Waals surface area contributed by atoms with Gasteiger partial charge in [0.05, 0.1) is 11.7 Å². The van der Waals surface area contributed by atoms with Gasteiger partial charge in [0.2, 0.25) is 0 Å². The van der Waals surface area contributed by atoms with E-state index in [0.29, 0.717) is 5.25 Å². The summed E-state index contributed by atoms with van der Waals surface area (Å²) in [5.41, 5.74) is 2.38. The van der Waals surface area contributed by atoms with Crippen LogP contribution in [0.2, 0.25) is 0 Å². The van der Waals surface area contributed by atoms with Crippen molar-refractivity contribution in [3.05, 3.63) is 90.3 Å². The van der Waals surface area contributed by atoms with Crippen LogP contribution in [0.4, 0.5) is 0 Å². The maximum atomic E-state index is 5.11. The van der Waals surface area contributed by atoms with Crippen LogP contribution in [-0.2, 0) is 0 Å². The third-order valence-corrected chi connectivity index (χ3v) is 7.29. The number of rotatable bonds is 4. The smallest absolute Gasteiger partial charge is 0.160 e. The van der Waals surface area contributed by atoms with Crippen molar-refractivity contribution >= 4 is 28.7 Å². The number of fused-ring (bicyclic) bond motifs is 1. The van der Waals surface area contributed by atoms with Crippen LogP contribution < -0.4 is 0 Å². The van der Waals surface area contributed by atoms with Crippen LogP contribution in [-0.4, -0.2) is 26.8 Å². The monoisotopic (exact) mass is 403 g/mol. The van der Waals surface area contributed by atoms with E-state index >= 15 is 0 Å². The van der Waals surface area contributed by atoms with Crippen molar-refractivity contribution in [2.75, 3.05) is 6.54 Å². The van der Waals surface area contributed by atoms with Crippen LogP contribution in [0.1, 0.15) is 30.3 Å². The van der Waals surface area contributed by atoms with Crippen molar-refractivity contribution in [1.29, 1.82) is 0 Å². The Morgan fingerprint density at radius 3 is 2.57 bits per heavy atom. The van der Waals surface area contributed by atoms with Crippen molar-refractivity contribution in [3.63, 3.8) is 0 Å². The van der Waals surface area contributed by atoms with Crippen molar-refractivity contribution < 1.29 is 0 Å². The van der Waals surface area contributed by atoms with Crippen LogP contribution >= 0.6 is 23.5 Å². The summed E-state index contributed by atoms with van der Waals surface area (Å²) in [4.78, 5) is 14.8. The van der Waals surface area contributed by atoms with Gasteiger partial charge in [0.25, 0.3) is 0 Å². The van der Waals surface area contributed by atoms with Crippen molar-refractivity contribution in [1.82, 2.24) is 9.88 Å². The van der Waals surface area contributed by atoms with Crippen LogP contribution in [0, 0.1) is 0 Å². The number of thioether (sulfide) groups is 1. The molecule has 3 heterocycles. The summed E-state index contributed by atoms with van der Waals surface area (Å²) in [6.45, 7) is 3.31. The molecule has 0 N–H and O–H groups in total. The fourth-order valence-corrected chi connectivity index (χ4v) is 5.98. The molecule has 1 saturated heterocycles. The summed E-state index contributed by atoms with van der Waals surface area (Å²) in [5, 5.41) is 1.73. The van der Waals surface area contributed by atoms with Crippen LogP contribution in [0.3, 0.4) is 0 Å². The first kappa shape index (κ1) is 17.8. The van der Waals surface area contributed by atoms with E-state index in [4.69, 9.17) is 4.99 Å². The lowest BCUT2D eigenvalue weighted by Gasteiger charge is -2.29. The van der Waals surface area contributed by atoms with Crippen molar-refractivity contribution in [2.24, 2.45) is 4.99 Å². The maximum absolute atomic E-state index is 5.11. The highest BCUT2D eigenvalue weighted by Gasteiger charge is 2.44. The molecule has 2 aliphatic heterocycles. The van der Waals surface area contributed by atoms with E-state index < -0.39 is 0 Å². The summed E-state index contributed by atoms with van der Waals surface area (Å²) in [5.74, 6) is 0. The minimum absolute atomic E-state index is 0.0359. The zero-order valence-corrected chi connectivity index (χ0v) is 17.2. The molecule has 28 heavy (non-hydrogen) atoms. The quantitative estimate of drug-likeness (QED) is 0.549. The summed E-state index contributed by atoms with van der Waals surface area (Å²) < 4.78 is 0. The first-order chi connectivity index (χ1) is 13.8. The number of nitrogens with zero attached hydrogens (tertiary/aromatic N) is 3. The molecule has 0 bridgehead atoms. The number of hydrogen-bond acceptors (Lipinski definition) is 5. The van der Waals surface area contributed by atoms with Crippen LogP contribution in [0.15, 0.2) is 93.8 Å². The Morgan fingerprint density at radius 1 is 0.964 bits per heavy atom. The van der Waals surface area contributed by atoms with Crippen LogP contribution in [0.25, 0.3) is 0 Å². The van der Waals surface area contributed by atoms with Gasteiger partial charge in [-0.2, -0.15) is 0 Å². The summed E-state index contributed by atoms with van der Waals surface area (Å²) in [7, 11) is 0. The molecule has 1 aromatic heterocycles. The van der Waals surface area contributed by atoms with Gasteiger partial charge in [-0.05, 0) is 35.9 Å². The number of benzene rings is 2. The number of hydrogen-bond donors (Lipinski definition) is 0. The van der Waals surface area contributed by atoms with E-state index in [1.807, 2.05) is 35.8 Å². The average Bonchev–Trinajstić information content (AvgIpc) is 3.26. The lowest BCUT2D eigenvalue weighted by Crippen LogP contribution is -2.28. The Labute approximate surface area is 174 Å². The van der Waals surface area contributed by atoms with Crippen molar-refractivity contribution in [3.8, 4) is 0 Å². The molecular weight excluding hydrogens is 382 g/mol. The van der Waals surface area contributed by atoms with E-state index in [2.05, 4.69) is 83.5 Å². The normalized spacial score (nSPS) is 23.5. The minimum Gasteiger partial charge on any atom is -0.341 e. The molecular formula is C23H21N3S2. The van der Waals surface area contributed by atoms with Gasteiger partial charge in [-0.15, -0.1) is 0 Å². The standard InChI is InChI=1S/C23H21N3S2/c1-16-15-26-22(21(25-23(26)27-16)19-12-7-8-14-24-19)18-11-5-6-13-20(18)28-17-9-3-2-4-10-17/h2-14,16,21-22H,15H2,1H3/t16-,21+,22-/m1/s1. The number of amidine groups is 1. The zero-order valence-electron chi connectivity index (χ0n) is 15.6. The van der Waals surface area contributed by atoms with E-state index in [1.54, 1.807) is 0 Å². The molecule has 1 fully saturated rings. The highest BCUT2D eigenvalue weighted by atomic mass is 32.2. The largest absolute Gasteiger partial charge is 0.341 e. The lowest BCUT2D eigenvalue weighted by molar-refractivity contribution is 0.317. The Morgan fingerprint density at radius 2 is 1.75 bits per heavy atom. The van der Waals surface area contributed by atoms with E-state index in [0.717, 1.165) is 17.4 Å². The Hall–Kier alpha value is -2.24. The minimum atomic E-state index is 0.0359. The van der Waals surface area contributed by atoms with E-state index in [9.17, 15) is 0 Å². The zero-order chi connectivity index (χ0) is 18.9. The molecule has 0 spiro atoms. The van der Waals surface area contributed by atoms with Crippen molar-refractivity contribution in [2.45, 2.75) is 34.0 Å². The fraction of sp³-hybridized carbons (Fsp3) is 0.217. The van der Waals surface area contributed by atoms with Gasteiger partial charge in [-0.25, -0.2) is 0 Å². The Kier molecular flexibility index (Phi) is 4.87. The molecule has 3 aromatic rings. The second-order valence-electron chi connectivity index (χ2n) is 7.09. The Bertz CT molecular complexity index is 991. The second kappa shape index (κ2) is 7.64. The third-order valence-electron chi connectivity index (χ3n) is 5.09. The maximum Gasteiger partial charge on any atom is 0.160 e. The first-order valence-corrected chi connectivity index (χ1v) is 11.2. The van der Waals surface area contributed by atoms with Gasteiger partial charge >= 0.3 is 0 Å². The number of aliphatic imine (C=N–C) groups is 1. The fourth-order valence-electron chi connectivity index (χ4n) is 3.89. The second-order valence-corrected chi connectivity index (χ2v) is 9.61. The van der Waals surface area contributed by atoms with E-state index in [-0.39, 0.29) is 12.1 Å². The van der Waals surface area contributed by atoms with Gasteiger partial charge in [-0.3, -0.25) is 9.98 Å². The first-order valence-electron chi connectivity index (χ1n) is 9.53. The molecule has 0 saturated carbocycles. The number of pyridine rings is 1. The molecule has 3 atom stereocenters. The van der Waals surface area contributed by atoms with Gasteiger partial charge < -0.3 is 4.90 Å². The molecule has 0 aliphatic carbocycles. The predicted molar refractivity (Wildman–Crippen MR) is 118 cm³/mol. The van der Waals surface area contributed by atoms with E-state index in [1.165, 1.54) is 15.4 Å². The third kappa shape index (κ3) is 3.33. The molecule has 5 rings (SSSR count). The summed E-state index contributed by atoms with van der Waals surface area (Å²) in [6.07, 6.45) is 1.87. The molecule has 5 heteroatoms. The van der Waals surface area contributed by atoms with Gasteiger partial charge in [0.15, 0.2) is 5.17 Å². The van der Waals surface area contributed by atoms with Gasteiger partial charge in [-0.1, -0.05) is 72.9 Å². The predicted octanol–water partition coefficient (Wildman–Crippen LogP) is 5.82. The molecule has 2 aliphatic rings. The molecule has 0 radical (unpaired) electrons. The highest BCUT2D eigenvalue weighted by molar-refractivity contribution is 8.14. The summed E-state index contributed by atoms with van der Waals surface area (Å²) in [6, 6.07) is 25.7. The molecule has 140 valence electrons. The summed E-state index contributed by atoms with van der Waals surface area (Å²) >= 11 is 3.71. The molecule has 2 aromatic carbocycles. The average molecular weight is 404 g/mol. The molecule has 0 unspecified atom stereocenters. The molecule has 3 nitrogen and oxygen atoms in total. The topological polar surface area (TPSA) is 28.5 Å². The van der Waals surface area contributed by atoms with Crippen LogP contribution in [0.5, 0.6) is 0 Å². The SMILES string of the molecule is C[C@@H]1CN2C(=N[C@@H](c3ccccn3)[C@H]2c2ccccc2Sc2ccccc2)S1.